The first-order chi connectivity index (χ1) is 24.5. The lowest BCUT2D eigenvalue weighted by Crippen LogP contribution is -2.38. The van der Waals surface area contributed by atoms with E-state index in [9.17, 15) is 14.4 Å². The Morgan fingerprint density at radius 2 is 0.760 bits per heavy atom. The summed E-state index contributed by atoms with van der Waals surface area (Å²) >= 11 is 0. The fourth-order valence-corrected chi connectivity index (χ4v) is 8.05. The fourth-order valence-electron chi connectivity index (χ4n) is 8.05. The van der Waals surface area contributed by atoms with Crippen molar-refractivity contribution in [3.8, 4) is 0 Å². The number of fused-ring (bicyclic) bond motifs is 4. The van der Waals surface area contributed by atoms with Crippen LogP contribution >= 0.6 is 0 Å². The highest BCUT2D eigenvalue weighted by Gasteiger charge is 2.31. The molecule has 0 aromatic heterocycles. The number of rotatable bonds is 12. The Balaban J connectivity index is 1.34. The Labute approximate surface area is 294 Å². The molecule has 0 aliphatic carbocycles. The molecule has 7 rings (SSSR count). The van der Waals surface area contributed by atoms with E-state index >= 15 is 0 Å². The van der Waals surface area contributed by atoms with Crippen molar-refractivity contribution in [2.24, 2.45) is 0 Å². The summed E-state index contributed by atoms with van der Waals surface area (Å²) in [5.41, 5.74) is 6.57. The molecule has 0 spiro atoms. The molecule has 254 valence electrons. The molecule has 50 heavy (non-hydrogen) atoms. The van der Waals surface area contributed by atoms with Crippen LogP contribution in [-0.4, -0.2) is 13.1 Å². The molecule has 2 aliphatic rings. The predicted octanol–water partition coefficient (Wildman–Crippen LogP) is 7.93. The zero-order valence-corrected chi connectivity index (χ0v) is 29.2. The fraction of sp³-hybridized carbons (Fsp3) is 0.311. The van der Waals surface area contributed by atoms with Gasteiger partial charge in [-0.2, -0.15) is 0 Å². The van der Waals surface area contributed by atoms with Gasteiger partial charge in [-0.15, -0.1) is 0 Å². The normalized spacial score (nSPS) is 14.8. The maximum Gasteiger partial charge on any atom is 0.237 e. The van der Waals surface area contributed by atoms with Crippen molar-refractivity contribution in [1.82, 2.24) is 0 Å². The van der Waals surface area contributed by atoms with E-state index in [2.05, 4.69) is 72.2 Å². The molecule has 0 saturated heterocycles. The number of hydrogen-bond acceptors (Lipinski definition) is 5. The van der Waals surface area contributed by atoms with Gasteiger partial charge in [0.05, 0.1) is 10.4 Å². The summed E-state index contributed by atoms with van der Waals surface area (Å²) in [6.45, 7) is 6.22. The monoisotopic (exact) mass is 662 g/mol. The predicted molar refractivity (Wildman–Crippen MR) is 208 cm³/mol. The summed E-state index contributed by atoms with van der Waals surface area (Å²) < 4.78 is 0. The van der Waals surface area contributed by atoms with E-state index in [1.807, 2.05) is 48.5 Å². The Hall–Kier alpha value is -5.03. The lowest BCUT2D eigenvalue weighted by atomic mass is 9.84. The third-order valence-corrected chi connectivity index (χ3v) is 10.6. The van der Waals surface area contributed by atoms with Crippen molar-refractivity contribution in [1.29, 1.82) is 0 Å². The Kier molecular flexibility index (Phi) is 9.93. The highest BCUT2D eigenvalue weighted by atomic mass is 16.2. The standard InChI is InChI=1S/C45H46N2O3/c1-3-5-7-17-27-46-39-23-13-9-19-31(39)35(32-20-10-14-24-40(32)46)29-37-43(48)38(45(50)44(37)49)30-36-33-21-11-15-25-41(33)47(28-18-8-6-4-2)42-26-16-12-22-34(36)42/h9-16,19-26,29-30,35-36H,3-8,17-18,27-28H2,1-2H3/b37-29-,38-30-. The zero-order chi connectivity index (χ0) is 34.6. The van der Waals surface area contributed by atoms with Gasteiger partial charge < -0.3 is 9.80 Å². The van der Waals surface area contributed by atoms with Crippen molar-refractivity contribution >= 4 is 34.9 Å². The van der Waals surface area contributed by atoms with Crippen LogP contribution in [0.5, 0.6) is 0 Å². The molecule has 5 heteroatoms. The van der Waals surface area contributed by atoms with E-state index < -0.39 is 16.3 Å². The van der Waals surface area contributed by atoms with Crippen LogP contribution in [-0.2, 0) is 0 Å². The third-order valence-electron chi connectivity index (χ3n) is 10.6. The van der Waals surface area contributed by atoms with Crippen LogP contribution in [0.1, 0.15) is 99.3 Å². The van der Waals surface area contributed by atoms with E-state index in [0.29, 0.717) is 0 Å². The van der Waals surface area contributed by atoms with Gasteiger partial charge in [0.1, 0.15) is 0 Å². The summed E-state index contributed by atoms with van der Waals surface area (Å²) in [5.74, 6) is -0.663. The average molecular weight is 663 g/mol. The SMILES string of the molecule is CCCCCCN1c2ccccc2C(/C=c2\c(=O)c(=O)/c(=C\C3c4ccccc4N(CCCCCC)c4ccccc43)c2=O)c2ccccc21. The minimum absolute atomic E-state index is 0.0258. The number of anilines is 4. The van der Waals surface area contributed by atoms with Crippen LogP contribution in [0.3, 0.4) is 0 Å². The van der Waals surface area contributed by atoms with Gasteiger partial charge in [-0.1, -0.05) is 137 Å². The Morgan fingerprint density at radius 1 is 0.440 bits per heavy atom. The summed E-state index contributed by atoms with van der Waals surface area (Å²) in [6, 6.07) is 33.0. The van der Waals surface area contributed by atoms with Crippen LogP contribution in [0.4, 0.5) is 22.7 Å². The molecule has 0 atom stereocenters. The van der Waals surface area contributed by atoms with Crippen LogP contribution in [0.25, 0.3) is 12.2 Å². The van der Waals surface area contributed by atoms with Gasteiger partial charge >= 0.3 is 0 Å². The second-order valence-electron chi connectivity index (χ2n) is 13.8. The average Bonchev–Trinajstić information content (AvgIpc) is 3.35. The van der Waals surface area contributed by atoms with Crippen LogP contribution in [0.15, 0.2) is 111 Å². The molecule has 0 fully saturated rings. The van der Waals surface area contributed by atoms with Crippen molar-refractivity contribution in [2.75, 3.05) is 22.9 Å². The number of nitrogens with zero attached hydrogens (tertiary/aromatic N) is 2. The molecule has 2 aliphatic heterocycles. The summed E-state index contributed by atoms with van der Waals surface area (Å²) in [4.78, 5) is 46.5. The molecule has 0 N–H and O–H groups in total. The number of benzene rings is 4. The Bertz CT molecular complexity index is 2010. The Morgan fingerprint density at radius 3 is 1.08 bits per heavy atom. The minimum atomic E-state index is -0.715. The molecule has 5 nitrogen and oxygen atoms in total. The molecular weight excluding hydrogens is 617 g/mol. The second kappa shape index (κ2) is 14.8. The maximum atomic E-state index is 14.3. The van der Waals surface area contributed by atoms with E-state index in [-0.39, 0.29) is 22.3 Å². The molecule has 2 heterocycles. The molecule has 5 aromatic rings. The van der Waals surface area contributed by atoms with Crippen LogP contribution < -0.4 is 36.5 Å². The highest BCUT2D eigenvalue weighted by Crippen LogP contribution is 2.47. The highest BCUT2D eigenvalue weighted by molar-refractivity contribution is 5.80. The minimum Gasteiger partial charge on any atom is -0.341 e. The lowest BCUT2D eigenvalue weighted by Gasteiger charge is -2.37. The number of unbranched alkanes of at least 4 members (excludes halogenated alkanes) is 6. The van der Waals surface area contributed by atoms with E-state index in [1.165, 1.54) is 25.7 Å². The van der Waals surface area contributed by atoms with Crippen LogP contribution in [0, 0.1) is 0 Å². The zero-order valence-electron chi connectivity index (χ0n) is 29.2. The first-order valence-corrected chi connectivity index (χ1v) is 18.5. The van der Waals surface area contributed by atoms with E-state index in [1.54, 1.807) is 12.2 Å². The molecular formula is C45H46N2O3. The van der Waals surface area contributed by atoms with Gasteiger partial charge in [0.2, 0.25) is 16.3 Å². The summed E-state index contributed by atoms with van der Waals surface area (Å²) in [7, 11) is 0. The lowest BCUT2D eigenvalue weighted by molar-refractivity contribution is 0.665. The van der Waals surface area contributed by atoms with Gasteiger partial charge in [-0.25, -0.2) is 0 Å². The van der Waals surface area contributed by atoms with Crippen molar-refractivity contribution < 1.29 is 0 Å². The third kappa shape index (κ3) is 6.15. The largest absolute Gasteiger partial charge is 0.341 e. The molecule has 0 saturated carbocycles. The molecule has 0 bridgehead atoms. The molecule has 0 unspecified atom stereocenters. The summed E-state index contributed by atoms with van der Waals surface area (Å²) in [5, 5.41) is -0.0515. The molecule has 0 radical (unpaired) electrons. The molecule has 0 amide bonds. The first-order valence-electron chi connectivity index (χ1n) is 18.5. The van der Waals surface area contributed by atoms with Gasteiger partial charge in [0, 0.05) is 47.7 Å². The smallest absolute Gasteiger partial charge is 0.237 e. The van der Waals surface area contributed by atoms with E-state index in [4.69, 9.17) is 0 Å². The summed E-state index contributed by atoms with van der Waals surface area (Å²) in [6.07, 6.45) is 12.8. The van der Waals surface area contributed by atoms with Crippen LogP contribution in [0.2, 0.25) is 0 Å². The molecule has 5 aromatic carbocycles. The van der Waals surface area contributed by atoms with Crippen molar-refractivity contribution in [3.05, 3.63) is 160 Å². The number of para-hydroxylation sites is 4. The van der Waals surface area contributed by atoms with Gasteiger partial charge in [-0.3, -0.25) is 14.4 Å². The second-order valence-corrected chi connectivity index (χ2v) is 13.8. The van der Waals surface area contributed by atoms with Crippen molar-refractivity contribution in [2.45, 2.75) is 77.0 Å². The van der Waals surface area contributed by atoms with Gasteiger partial charge in [-0.05, 0) is 59.4 Å². The first kappa shape index (κ1) is 33.5. The van der Waals surface area contributed by atoms with E-state index in [0.717, 1.165) is 83.8 Å². The van der Waals surface area contributed by atoms with Gasteiger partial charge in [0.15, 0.2) is 0 Å². The maximum absolute atomic E-state index is 14.3. The topological polar surface area (TPSA) is 57.7 Å². The van der Waals surface area contributed by atoms with Crippen molar-refractivity contribution in [3.63, 3.8) is 0 Å². The van der Waals surface area contributed by atoms with Gasteiger partial charge in [0.25, 0.3) is 0 Å². The number of hydrogen-bond donors (Lipinski definition) is 0. The quantitative estimate of drug-likeness (QED) is 0.100.